The molecule has 0 fully saturated rings. The molecule has 0 radical (unpaired) electrons. The average molecular weight is 260 g/mol. The predicted octanol–water partition coefficient (Wildman–Crippen LogP) is 0.874. The quantitative estimate of drug-likeness (QED) is 0.475. The second-order valence-corrected chi connectivity index (χ2v) is 4.02. The van der Waals surface area contributed by atoms with Gasteiger partial charge in [0.2, 0.25) is 0 Å². The molecule has 1 aromatic carbocycles. The Balaban J connectivity index is 1.93. The maximum atomic E-state index is 11.4. The number of benzene rings is 1. The van der Waals surface area contributed by atoms with E-state index in [-0.39, 0.29) is 5.91 Å². The molecular formula is C13H16N4O2. The number of hydrogen-bond donors (Lipinski definition) is 2. The third-order valence-electron chi connectivity index (χ3n) is 2.75. The van der Waals surface area contributed by atoms with Crippen LogP contribution in [0.3, 0.4) is 0 Å². The Kier molecular flexibility index (Phi) is 4.15. The topological polar surface area (TPSA) is 82.2 Å². The molecule has 0 aliphatic carbocycles. The van der Waals surface area contributed by atoms with Crippen molar-refractivity contribution in [1.82, 2.24) is 15.0 Å². The van der Waals surface area contributed by atoms with Crippen LogP contribution in [-0.2, 0) is 6.54 Å². The molecule has 100 valence electrons. The maximum absolute atomic E-state index is 11.4. The summed E-state index contributed by atoms with van der Waals surface area (Å²) in [5.41, 5.74) is 2.56. The SMILES string of the molecule is Cc1nccn1CCOc1cccc(C(=O)NN)c1. The molecule has 2 aromatic rings. The van der Waals surface area contributed by atoms with Crippen LogP contribution in [0.5, 0.6) is 5.75 Å². The van der Waals surface area contributed by atoms with E-state index < -0.39 is 0 Å². The molecule has 3 N–H and O–H groups in total. The van der Waals surface area contributed by atoms with Gasteiger partial charge in [0.15, 0.2) is 0 Å². The minimum absolute atomic E-state index is 0.337. The number of aryl methyl sites for hydroxylation is 1. The van der Waals surface area contributed by atoms with Crippen molar-refractivity contribution in [2.24, 2.45) is 5.84 Å². The molecule has 1 heterocycles. The van der Waals surface area contributed by atoms with Gasteiger partial charge in [0, 0.05) is 18.0 Å². The van der Waals surface area contributed by atoms with Crippen LogP contribution in [-0.4, -0.2) is 22.1 Å². The zero-order valence-corrected chi connectivity index (χ0v) is 10.7. The highest BCUT2D eigenvalue weighted by atomic mass is 16.5. The minimum Gasteiger partial charge on any atom is -0.492 e. The molecule has 0 saturated heterocycles. The summed E-state index contributed by atoms with van der Waals surface area (Å²) in [7, 11) is 0. The minimum atomic E-state index is -0.337. The van der Waals surface area contributed by atoms with E-state index in [4.69, 9.17) is 10.6 Å². The lowest BCUT2D eigenvalue weighted by Crippen LogP contribution is -2.29. The van der Waals surface area contributed by atoms with Gasteiger partial charge in [0.1, 0.15) is 18.2 Å². The third-order valence-corrected chi connectivity index (χ3v) is 2.75. The summed E-state index contributed by atoms with van der Waals surface area (Å²) in [6.07, 6.45) is 3.65. The summed E-state index contributed by atoms with van der Waals surface area (Å²) in [6.45, 7) is 3.15. The van der Waals surface area contributed by atoms with Crippen LogP contribution < -0.4 is 16.0 Å². The zero-order valence-electron chi connectivity index (χ0n) is 10.7. The maximum Gasteiger partial charge on any atom is 0.265 e. The fourth-order valence-electron chi connectivity index (χ4n) is 1.71. The second kappa shape index (κ2) is 6.01. The van der Waals surface area contributed by atoms with Crippen LogP contribution in [0.4, 0.5) is 0 Å². The molecule has 6 nitrogen and oxygen atoms in total. The number of nitrogens with one attached hydrogen (secondary N) is 1. The lowest BCUT2D eigenvalue weighted by atomic mass is 10.2. The Morgan fingerprint density at radius 1 is 1.53 bits per heavy atom. The number of carbonyl (C=O) groups is 1. The van der Waals surface area contributed by atoms with Crippen LogP contribution >= 0.6 is 0 Å². The Hall–Kier alpha value is -2.34. The van der Waals surface area contributed by atoms with E-state index in [1.54, 1.807) is 30.5 Å². The number of hydrazine groups is 1. The number of imidazole rings is 1. The lowest BCUT2D eigenvalue weighted by Gasteiger charge is -2.09. The first kappa shape index (κ1) is 13.1. The first-order chi connectivity index (χ1) is 9.20. The van der Waals surface area contributed by atoms with Gasteiger partial charge in [-0.05, 0) is 25.1 Å². The van der Waals surface area contributed by atoms with E-state index >= 15 is 0 Å². The van der Waals surface area contributed by atoms with E-state index in [2.05, 4.69) is 10.4 Å². The molecule has 0 spiro atoms. The van der Waals surface area contributed by atoms with Crippen molar-refractivity contribution in [1.29, 1.82) is 0 Å². The summed E-state index contributed by atoms with van der Waals surface area (Å²) >= 11 is 0. The fourth-order valence-corrected chi connectivity index (χ4v) is 1.71. The van der Waals surface area contributed by atoms with Crippen molar-refractivity contribution in [3.8, 4) is 5.75 Å². The first-order valence-electron chi connectivity index (χ1n) is 5.92. The predicted molar refractivity (Wildman–Crippen MR) is 70.6 cm³/mol. The molecular weight excluding hydrogens is 244 g/mol. The molecule has 6 heteroatoms. The highest BCUT2D eigenvalue weighted by Gasteiger charge is 2.04. The number of amides is 1. The van der Waals surface area contributed by atoms with Gasteiger partial charge in [-0.2, -0.15) is 0 Å². The molecule has 0 aliphatic rings. The van der Waals surface area contributed by atoms with Gasteiger partial charge < -0.3 is 9.30 Å². The summed E-state index contributed by atoms with van der Waals surface area (Å²) in [5.74, 6) is 6.33. The molecule has 0 aliphatic heterocycles. The number of ether oxygens (including phenoxy) is 1. The number of nitrogen functional groups attached to an aromatic ring is 1. The highest BCUT2D eigenvalue weighted by Crippen LogP contribution is 2.13. The number of carbonyl (C=O) groups excluding carboxylic acids is 1. The normalized spacial score (nSPS) is 10.2. The summed E-state index contributed by atoms with van der Waals surface area (Å²) in [5, 5.41) is 0. The Morgan fingerprint density at radius 2 is 2.37 bits per heavy atom. The van der Waals surface area contributed by atoms with Crippen molar-refractivity contribution in [2.45, 2.75) is 13.5 Å². The standard InChI is InChI=1S/C13H16N4O2/c1-10-15-5-6-17(10)7-8-19-12-4-2-3-11(9-12)13(18)16-14/h2-6,9H,7-8,14H2,1H3,(H,16,18). The fraction of sp³-hybridized carbons (Fsp3) is 0.231. The number of nitrogens with two attached hydrogens (primary N) is 1. The molecule has 0 atom stereocenters. The van der Waals surface area contributed by atoms with E-state index in [0.717, 1.165) is 5.82 Å². The van der Waals surface area contributed by atoms with E-state index in [1.807, 2.05) is 17.7 Å². The number of aromatic nitrogens is 2. The Morgan fingerprint density at radius 3 is 3.05 bits per heavy atom. The van der Waals surface area contributed by atoms with E-state index in [9.17, 15) is 4.79 Å². The van der Waals surface area contributed by atoms with Crippen LogP contribution in [0.25, 0.3) is 0 Å². The summed E-state index contributed by atoms with van der Waals surface area (Å²) in [4.78, 5) is 15.5. The molecule has 0 saturated carbocycles. The first-order valence-corrected chi connectivity index (χ1v) is 5.92. The van der Waals surface area contributed by atoms with Crippen molar-refractivity contribution < 1.29 is 9.53 Å². The summed E-state index contributed by atoms with van der Waals surface area (Å²) in [6, 6.07) is 6.88. The molecule has 2 rings (SSSR count). The molecule has 19 heavy (non-hydrogen) atoms. The van der Waals surface area contributed by atoms with E-state index in [1.165, 1.54) is 0 Å². The van der Waals surface area contributed by atoms with Crippen LogP contribution in [0, 0.1) is 6.92 Å². The summed E-state index contributed by atoms with van der Waals surface area (Å²) < 4.78 is 7.60. The van der Waals surface area contributed by atoms with Crippen LogP contribution in [0.2, 0.25) is 0 Å². The zero-order chi connectivity index (χ0) is 13.7. The average Bonchev–Trinajstić information content (AvgIpc) is 2.84. The largest absolute Gasteiger partial charge is 0.492 e. The molecule has 1 amide bonds. The number of rotatable bonds is 5. The highest BCUT2D eigenvalue weighted by molar-refractivity contribution is 5.94. The van der Waals surface area contributed by atoms with Crippen molar-refractivity contribution in [3.05, 3.63) is 48.0 Å². The van der Waals surface area contributed by atoms with Gasteiger partial charge in [0.05, 0.1) is 6.54 Å². The van der Waals surface area contributed by atoms with Crippen molar-refractivity contribution in [2.75, 3.05) is 6.61 Å². The number of nitrogens with zero attached hydrogens (tertiary/aromatic N) is 2. The third kappa shape index (κ3) is 3.32. The van der Waals surface area contributed by atoms with Gasteiger partial charge >= 0.3 is 0 Å². The smallest absolute Gasteiger partial charge is 0.265 e. The van der Waals surface area contributed by atoms with E-state index in [0.29, 0.717) is 24.5 Å². The van der Waals surface area contributed by atoms with Gasteiger partial charge in [-0.3, -0.25) is 10.2 Å². The Labute approximate surface area is 111 Å². The number of hydrogen-bond acceptors (Lipinski definition) is 4. The van der Waals surface area contributed by atoms with Crippen LogP contribution in [0.1, 0.15) is 16.2 Å². The van der Waals surface area contributed by atoms with Crippen molar-refractivity contribution >= 4 is 5.91 Å². The monoisotopic (exact) mass is 260 g/mol. The van der Waals surface area contributed by atoms with Gasteiger partial charge in [0.25, 0.3) is 5.91 Å². The Bertz CT molecular complexity index is 565. The molecule has 1 aromatic heterocycles. The molecule has 0 unspecified atom stereocenters. The second-order valence-electron chi connectivity index (χ2n) is 4.02. The van der Waals surface area contributed by atoms with Gasteiger partial charge in [-0.25, -0.2) is 10.8 Å². The van der Waals surface area contributed by atoms with Crippen LogP contribution in [0.15, 0.2) is 36.7 Å². The molecule has 0 bridgehead atoms. The van der Waals surface area contributed by atoms with Gasteiger partial charge in [-0.15, -0.1) is 0 Å². The van der Waals surface area contributed by atoms with Crippen molar-refractivity contribution in [3.63, 3.8) is 0 Å². The lowest BCUT2D eigenvalue weighted by molar-refractivity contribution is 0.0953. The van der Waals surface area contributed by atoms with Gasteiger partial charge in [-0.1, -0.05) is 6.07 Å².